The van der Waals surface area contributed by atoms with Crippen LogP contribution in [0.3, 0.4) is 0 Å². The monoisotopic (exact) mass is 428 g/mol. The molecule has 0 aromatic carbocycles. The summed E-state index contributed by atoms with van der Waals surface area (Å²) in [6, 6.07) is 0. The summed E-state index contributed by atoms with van der Waals surface area (Å²) in [6.07, 6.45) is -2.71. The maximum atomic E-state index is 12.9. The Balaban J connectivity index is 1.81. The van der Waals surface area contributed by atoms with Crippen molar-refractivity contribution in [2.24, 2.45) is 5.92 Å². The third-order valence-electron chi connectivity index (χ3n) is 4.73. The number of fused-ring (bicyclic) bond motifs is 2. The van der Waals surface area contributed by atoms with Crippen LogP contribution in [0.15, 0.2) is 0 Å². The van der Waals surface area contributed by atoms with Gasteiger partial charge in [0, 0.05) is 19.2 Å². The largest absolute Gasteiger partial charge is 0.373 e. The number of ether oxygens (including phenoxy) is 3. The molecule has 0 aliphatic carbocycles. The van der Waals surface area contributed by atoms with Crippen molar-refractivity contribution < 1.29 is 41.4 Å². The number of rotatable bonds is 2. The summed E-state index contributed by atoms with van der Waals surface area (Å²) >= 11 is 0. The van der Waals surface area contributed by atoms with Gasteiger partial charge in [0.05, 0.1) is 32.5 Å². The van der Waals surface area contributed by atoms with Crippen LogP contribution in [0.25, 0.3) is 0 Å². The molecule has 0 aromatic heterocycles. The molecular formula is C16H30O9P2. The van der Waals surface area contributed by atoms with Gasteiger partial charge in [0.2, 0.25) is 0 Å². The van der Waals surface area contributed by atoms with Gasteiger partial charge in [0.1, 0.15) is 30.5 Å². The summed E-state index contributed by atoms with van der Waals surface area (Å²) in [5, 5.41) is 0. The van der Waals surface area contributed by atoms with Crippen LogP contribution in [0.1, 0.15) is 20.8 Å². The van der Waals surface area contributed by atoms with Gasteiger partial charge in [-0.15, -0.1) is 0 Å². The van der Waals surface area contributed by atoms with Crippen LogP contribution < -0.4 is 0 Å². The molecule has 0 radical (unpaired) electrons. The Kier molecular flexibility index (Phi) is 6.89. The highest BCUT2D eigenvalue weighted by Crippen LogP contribution is 2.52. The molecule has 11 heteroatoms. The van der Waals surface area contributed by atoms with E-state index in [4.69, 9.17) is 32.3 Å². The van der Waals surface area contributed by atoms with Gasteiger partial charge in [0.25, 0.3) is 0 Å². The predicted molar refractivity (Wildman–Crippen MR) is 97.4 cm³/mol. The maximum Gasteiger partial charge on any atom is 0.328 e. The van der Waals surface area contributed by atoms with Gasteiger partial charge in [-0.3, -0.25) is 13.7 Å². The molecule has 3 fully saturated rings. The van der Waals surface area contributed by atoms with Crippen LogP contribution in [0.2, 0.25) is 0 Å². The average molecular weight is 428 g/mol. The van der Waals surface area contributed by atoms with Crippen LogP contribution in [-0.4, -0.2) is 76.4 Å². The van der Waals surface area contributed by atoms with E-state index in [9.17, 15) is 9.13 Å². The van der Waals surface area contributed by atoms with Gasteiger partial charge in [-0.05, 0) is 13.8 Å². The molecule has 0 saturated carbocycles. The lowest BCUT2D eigenvalue weighted by molar-refractivity contribution is -0.0511. The Bertz CT molecular complexity index is 613. The van der Waals surface area contributed by atoms with E-state index in [1.807, 2.05) is 20.8 Å². The number of hydrogen-bond acceptors (Lipinski definition) is 9. The molecule has 0 N–H and O–H groups in total. The Morgan fingerprint density at radius 1 is 0.852 bits per heavy atom. The van der Waals surface area contributed by atoms with E-state index in [-0.39, 0.29) is 31.8 Å². The lowest BCUT2D eigenvalue weighted by Crippen LogP contribution is -2.39. The molecule has 0 amide bonds. The zero-order valence-corrected chi connectivity index (χ0v) is 18.2. The lowest BCUT2D eigenvalue weighted by Gasteiger charge is -2.31. The smallest absolute Gasteiger partial charge is 0.328 e. The first-order valence-electron chi connectivity index (χ1n) is 9.26. The van der Waals surface area contributed by atoms with Gasteiger partial charge in [-0.2, -0.15) is 0 Å². The minimum atomic E-state index is -3.41. The molecule has 9 nitrogen and oxygen atoms in total. The molecule has 3 aliphatic heterocycles. The minimum absolute atomic E-state index is 0.00915. The molecule has 3 heterocycles. The van der Waals surface area contributed by atoms with Crippen molar-refractivity contribution in [3.05, 3.63) is 0 Å². The Morgan fingerprint density at radius 3 is 1.96 bits per heavy atom. The second kappa shape index (κ2) is 8.50. The standard InChI is InChI=1S/C16H30O9P2/c1-10(2)23-14-7-20-13-9-22-26(4,17)24-15-11(3)6-19-12(15)8-21-27(5,18)25-16(13)14/h10-16H,6-9H2,1-5H3. The minimum Gasteiger partial charge on any atom is -0.373 e. The van der Waals surface area contributed by atoms with Crippen molar-refractivity contribution in [1.82, 2.24) is 0 Å². The molecule has 158 valence electrons. The van der Waals surface area contributed by atoms with Crippen LogP contribution in [0.4, 0.5) is 0 Å². The zero-order valence-electron chi connectivity index (χ0n) is 16.4. The molecule has 3 saturated heterocycles. The Hall–Kier alpha value is 0.180. The van der Waals surface area contributed by atoms with Crippen LogP contribution in [-0.2, 0) is 41.4 Å². The van der Waals surface area contributed by atoms with Gasteiger partial charge in [-0.25, -0.2) is 0 Å². The van der Waals surface area contributed by atoms with Crippen molar-refractivity contribution in [3.63, 3.8) is 0 Å². The third-order valence-corrected chi connectivity index (χ3v) is 7.22. The highest BCUT2D eigenvalue weighted by Gasteiger charge is 2.46. The summed E-state index contributed by atoms with van der Waals surface area (Å²) in [5.74, 6) is 0.00915. The summed E-state index contributed by atoms with van der Waals surface area (Å²) in [7, 11) is -6.77. The average Bonchev–Trinajstić information content (AvgIpc) is 3.07. The van der Waals surface area contributed by atoms with E-state index in [0.29, 0.717) is 6.61 Å². The van der Waals surface area contributed by atoms with E-state index < -0.39 is 45.7 Å². The molecule has 27 heavy (non-hydrogen) atoms. The van der Waals surface area contributed by atoms with Crippen molar-refractivity contribution in [3.8, 4) is 0 Å². The molecule has 3 aliphatic rings. The first-order chi connectivity index (χ1) is 12.6. The van der Waals surface area contributed by atoms with Crippen LogP contribution >= 0.6 is 15.2 Å². The highest BCUT2D eigenvalue weighted by molar-refractivity contribution is 7.53. The SMILES string of the molecule is CC(C)OC1COC2COP(C)(=O)OC3C(C)COC3COP(C)(=O)OC21. The van der Waals surface area contributed by atoms with E-state index in [1.165, 1.54) is 13.3 Å². The van der Waals surface area contributed by atoms with E-state index in [2.05, 4.69) is 0 Å². The van der Waals surface area contributed by atoms with E-state index in [0.717, 1.165) is 0 Å². The van der Waals surface area contributed by atoms with Gasteiger partial charge >= 0.3 is 15.2 Å². The summed E-state index contributed by atoms with van der Waals surface area (Å²) < 4.78 is 65.7. The lowest BCUT2D eigenvalue weighted by atomic mass is 10.1. The van der Waals surface area contributed by atoms with Crippen LogP contribution in [0, 0.1) is 5.92 Å². The third kappa shape index (κ3) is 5.62. The maximum absolute atomic E-state index is 12.9. The second-order valence-electron chi connectivity index (χ2n) is 7.72. The molecule has 8 atom stereocenters. The van der Waals surface area contributed by atoms with E-state index in [1.54, 1.807) is 0 Å². The fourth-order valence-corrected chi connectivity index (χ4v) is 5.92. The van der Waals surface area contributed by atoms with Crippen molar-refractivity contribution in [2.75, 3.05) is 39.8 Å². The first kappa shape index (κ1) is 21.9. The normalized spacial score (nSPS) is 49.3. The topological polar surface area (TPSA) is 98.8 Å². The molecule has 8 unspecified atom stereocenters. The predicted octanol–water partition coefficient (Wildman–Crippen LogP) is 2.68. The summed E-state index contributed by atoms with van der Waals surface area (Å²) in [4.78, 5) is 0. The molecular weight excluding hydrogens is 398 g/mol. The summed E-state index contributed by atoms with van der Waals surface area (Å²) in [5.41, 5.74) is 0. The van der Waals surface area contributed by atoms with Gasteiger partial charge in [0.15, 0.2) is 0 Å². The Morgan fingerprint density at radius 2 is 1.37 bits per heavy atom. The highest BCUT2D eigenvalue weighted by atomic mass is 31.2. The van der Waals surface area contributed by atoms with Gasteiger partial charge < -0.3 is 27.8 Å². The fourth-order valence-electron chi connectivity index (χ4n) is 3.46. The molecule has 0 spiro atoms. The molecule has 3 rings (SSSR count). The molecule has 0 bridgehead atoms. The van der Waals surface area contributed by atoms with Crippen molar-refractivity contribution >= 4 is 15.2 Å². The zero-order chi connectivity index (χ0) is 19.8. The van der Waals surface area contributed by atoms with Crippen molar-refractivity contribution in [2.45, 2.75) is 57.4 Å². The van der Waals surface area contributed by atoms with E-state index >= 15 is 0 Å². The first-order valence-corrected chi connectivity index (χ1v) is 13.2. The summed E-state index contributed by atoms with van der Waals surface area (Å²) in [6.45, 7) is 9.26. The molecule has 0 aromatic rings. The fraction of sp³-hybridized carbons (Fsp3) is 1.00. The second-order valence-corrected chi connectivity index (χ2v) is 11.7. The number of hydrogen-bond donors (Lipinski definition) is 0. The van der Waals surface area contributed by atoms with Crippen LogP contribution in [0.5, 0.6) is 0 Å². The quantitative estimate of drug-likeness (QED) is 0.615. The van der Waals surface area contributed by atoms with Gasteiger partial charge in [-0.1, -0.05) is 6.92 Å². The van der Waals surface area contributed by atoms with Crippen molar-refractivity contribution in [1.29, 1.82) is 0 Å². The Labute approximate surface area is 160 Å².